The predicted molar refractivity (Wildman–Crippen MR) is 108 cm³/mol. The molecule has 27 heavy (non-hydrogen) atoms. The van der Waals surface area contributed by atoms with Crippen LogP contribution in [0.4, 0.5) is 5.82 Å². The van der Waals surface area contributed by atoms with Crippen LogP contribution in [0.15, 0.2) is 24.5 Å². The lowest BCUT2D eigenvalue weighted by Gasteiger charge is -2.38. The average molecular weight is 366 g/mol. The van der Waals surface area contributed by atoms with Gasteiger partial charge in [0.25, 0.3) is 0 Å². The number of benzene rings is 1. The Morgan fingerprint density at radius 1 is 1.11 bits per heavy atom. The lowest BCUT2D eigenvalue weighted by Crippen LogP contribution is -3.18. The van der Waals surface area contributed by atoms with Gasteiger partial charge in [-0.15, -0.1) is 0 Å². The van der Waals surface area contributed by atoms with Crippen molar-refractivity contribution in [1.29, 1.82) is 0 Å². The number of hydrogen-bond acceptors (Lipinski definition) is 4. The highest BCUT2D eigenvalue weighted by Gasteiger charge is 2.29. The monoisotopic (exact) mass is 366 g/mol. The molecule has 2 fully saturated rings. The molecule has 0 amide bonds. The van der Waals surface area contributed by atoms with Crippen molar-refractivity contribution < 1.29 is 9.64 Å². The number of aromatic amines is 1. The van der Waals surface area contributed by atoms with Crippen molar-refractivity contribution in [3.63, 3.8) is 0 Å². The van der Waals surface area contributed by atoms with Crippen molar-refractivity contribution in [2.45, 2.75) is 38.1 Å². The van der Waals surface area contributed by atoms with E-state index in [1.807, 2.05) is 6.07 Å². The van der Waals surface area contributed by atoms with Crippen LogP contribution in [0.2, 0.25) is 0 Å². The zero-order valence-electron chi connectivity index (χ0n) is 16.0. The van der Waals surface area contributed by atoms with Gasteiger partial charge in [-0.2, -0.15) is 0 Å². The first-order valence-electron chi connectivity index (χ1n) is 10.2. The Morgan fingerprint density at radius 3 is 2.70 bits per heavy atom. The molecule has 1 aliphatic heterocycles. The van der Waals surface area contributed by atoms with Gasteiger partial charge < -0.3 is 19.5 Å². The third-order valence-electron chi connectivity index (χ3n) is 6.46. The minimum absolute atomic E-state index is 0.855. The van der Waals surface area contributed by atoms with E-state index >= 15 is 0 Å². The molecular weight excluding hydrogens is 338 g/mol. The lowest BCUT2D eigenvalue weighted by atomic mass is 9.94. The largest absolute Gasteiger partial charge is 0.497 e. The number of H-pyrrole nitrogens is 1. The van der Waals surface area contributed by atoms with Crippen LogP contribution in [0, 0.1) is 0 Å². The first-order chi connectivity index (χ1) is 13.3. The molecule has 1 saturated carbocycles. The number of fused-ring (bicyclic) bond motifs is 3. The van der Waals surface area contributed by atoms with Crippen LogP contribution >= 0.6 is 0 Å². The van der Waals surface area contributed by atoms with Gasteiger partial charge in [-0.1, -0.05) is 6.42 Å². The standard InChI is InChI=1S/C21H27N5O/c1-27-16-7-8-18-17(13-16)19-20(24-18)21(23-14-22-19)26-11-9-25(10-12-26)15-5-3-2-4-6-15/h7-8,13-15,24H,2-6,9-12H2,1H3/p+1. The van der Waals surface area contributed by atoms with Gasteiger partial charge in [0.15, 0.2) is 5.82 Å². The summed E-state index contributed by atoms with van der Waals surface area (Å²) >= 11 is 0. The molecular formula is C21H28N5O+. The van der Waals surface area contributed by atoms with Crippen molar-refractivity contribution in [3.8, 4) is 5.75 Å². The lowest BCUT2D eigenvalue weighted by molar-refractivity contribution is -0.927. The van der Waals surface area contributed by atoms with E-state index in [4.69, 9.17) is 4.74 Å². The number of quaternary nitrogens is 1. The molecule has 3 aromatic rings. The Kier molecular flexibility index (Phi) is 4.36. The summed E-state index contributed by atoms with van der Waals surface area (Å²) in [4.78, 5) is 17.0. The maximum absolute atomic E-state index is 5.39. The number of rotatable bonds is 3. The molecule has 6 heteroatoms. The Labute approximate surface area is 159 Å². The molecule has 6 nitrogen and oxygen atoms in total. The smallest absolute Gasteiger partial charge is 0.156 e. The SMILES string of the molecule is COc1ccc2[nH]c3c(N4CC[NH+](C5CCCCC5)CC4)ncnc3c2c1. The van der Waals surface area contributed by atoms with Gasteiger partial charge in [0.1, 0.15) is 23.1 Å². The molecule has 2 aliphatic rings. The number of nitrogens with one attached hydrogen (secondary N) is 2. The van der Waals surface area contributed by atoms with E-state index in [2.05, 4.69) is 32.0 Å². The van der Waals surface area contributed by atoms with E-state index < -0.39 is 0 Å². The van der Waals surface area contributed by atoms with Crippen LogP contribution in [-0.4, -0.2) is 54.3 Å². The Balaban J connectivity index is 1.42. The van der Waals surface area contributed by atoms with Gasteiger partial charge >= 0.3 is 0 Å². The highest BCUT2D eigenvalue weighted by atomic mass is 16.5. The molecule has 0 bridgehead atoms. The van der Waals surface area contributed by atoms with Crippen LogP contribution < -0.4 is 14.5 Å². The summed E-state index contributed by atoms with van der Waals surface area (Å²) in [6.07, 6.45) is 8.80. The quantitative estimate of drug-likeness (QED) is 0.746. The molecule has 0 spiro atoms. The van der Waals surface area contributed by atoms with Crippen LogP contribution in [-0.2, 0) is 0 Å². The molecule has 2 aromatic heterocycles. The van der Waals surface area contributed by atoms with Crippen LogP contribution in [0.25, 0.3) is 21.9 Å². The summed E-state index contributed by atoms with van der Waals surface area (Å²) in [5.74, 6) is 1.89. The summed E-state index contributed by atoms with van der Waals surface area (Å²) in [6.45, 7) is 4.56. The number of anilines is 1. The van der Waals surface area contributed by atoms with E-state index in [0.29, 0.717) is 0 Å². The van der Waals surface area contributed by atoms with Crippen molar-refractivity contribution in [2.75, 3.05) is 38.2 Å². The van der Waals surface area contributed by atoms with E-state index in [0.717, 1.165) is 52.6 Å². The van der Waals surface area contributed by atoms with Gasteiger partial charge in [-0.05, 0) is 43.9 Å². The molecule has 1 aliphatic carbocycles. The molecule has 3 heterocycles. The van der Waals surface area contributed by atoms with Crippen molar-refractivity contribution in [1.82, 2.24) is 15.0 Å². The van der Waals surface area contributed by atoms with Crippen molar-refractivity contribution in [3.05, 3.63) is 24.5 Å². The van der Waals surface area contributed by atoms with Gasteiger partial charge in [-0.3, -0.25) is 0 Å². The Hall–Kier alpha value is -2.34. The minimum Gasteiger partial charge on any atom is -0.497 e. The molecule has 0 unspecified atom stereocenters. The predicted octanol–water partition coefficient (Wildman–Crippen LogP) is 2.16. The topological polar surface area (TPSA) is 58.5 Å². The second-order valence-corrected chi connectivity index (χ2v) is 7.94. The number of hydrogen-bond donors (Lipinski definition) is 2. The molecule has 0 radical (unpaired) electrons. The third kappa shape index (κ3) is 3.02. The highest BCUT2D eigenvalue weighted by Crippen LogP contribution is 2.31. The zero-order chi connectivity index (χ0) is 18.2. The number of piperazine rings is 1. The maximum Gasteiger partial charge on any atom is 0.156 e. The second-order valence-electron chi connectivity index (χ2n) is 7.94. The van der Waals surface area contributed by atoms with Crippen LogP contribution in [0.5, 0.6) is 5.75 Å². The van der Waals surface area contributed by atoms with Gasteiger partial charge in [0.2, 0.25) is 0 Å². The molecule has 5 rings (SSSR count). The second kappa shape index (κ2) is 7.00. The summed E-state index contributed by atoms with van der Waals surface area (Å²) < 4.78 is 5.39. The number of nitrogens with zero attached hydrogens (tertiary/aromatic N) is 3. The van der Waals surface area contributed by atoms with Gasteiger partial charge in [-0.25, -0.2) is 9.97 Å². The fraction of sp³-hybridized carbons (Fsp3) is 0.524. The Morgan fingerprint density at radius 2 is 1.93 bits per heavy atom. The fourth-order valence-electron chi connectivity index (χ4n) is 4.95. The number of methoxy groups -OCH3 is 1. The third-order valence-corrected chi connectivity index (χ3v) is 6.46. The molecule has 1 aromatic carbocycles. The number of aromatic nitrogens is 3. The van der Waals surface area contributed by atoms with E-state index in [9.17, 15) is 0 Å². The van der Waals surface area contributed by atoms with Crippen molar-refractivity contribution >= 4 is 27.8 Å². The summed E-state index contributed by atoms with van der Waals surface area (Å²) in [7, 11) is 1.70. The molecule has 142 valence electrons. The van der Waals surface area contributed by atoms with Gasteiger partial charge in [0, 0.05) is 10.9 Å². The van der Waals surface area contributed by atoms with Gasteiger partial charge in [0.05, 0.1) is 39.3 Å². The van der Waals surface area contributed by atoms with E-state index in [1.165, 1.54) is 45.2 Å². The fourth-order valence-corrected chi connectivity index (χ4v) is 4.95. The zero-order valence-corrected chi connectivity index (χ0v) is 16.0. The maximum atomic E-state index is 5.39. The number of ether oxygens (including phenoxy) is 1. The first-order valence-corrected chi connectivity index (χ1v) is 10.2. The summed E-state index contributed by atoms with van der Waals surface area (Å²) in [6, 6.07) is 6.98. The van der Waals surface area contributed by atoms with E-state index in [1.54, 1.807) is 18.3 Å². The van der Waals surface area contributed by atoms with Crippen LogP contribution in [0.1, 0.15) is 32.1 Å². The normalized spacial score (nSPS) is 19.8. The first kappa shape index (κ1) is 16.8. The summed E-state index contributed by atoms with van der Waals surface area (Å²) in [5.41, 5.74) is 3.11. The minimum atomic E-state index is 0.855. The van der Waals surface area contributed by atoms with E-state index in [-0.39, 0.29) is 0 Å². The molecule has 0 atom stereocenters. The molecule has 1 saturated heterocycles. The Bertz CT molecular complexity index is 938. The summed E-state index contributed by atoms with van der Waals surface area (Å²) in [5, 5.41) is 1.10. The molecule has 2 N–H and O–H groups in total. The average Bonchev–Trinajstić information content (AvgIpc) is 3.12. The highest BCUT2D eigenvalue weighted by molar-refractivity contribution is 6.08. The van der Waals surface area contributed by atoms with Crippen molar-refractivity contribution in [2.24, 2.45) is 0 Å². The van der Waals surface area contributed by atoms with Crippen LogP contribution in [0.3, 0.4) is 0 Å².